The fourth-order valence-electron chi connectivity index (χ4n) is 2.21. The van der Waals surface area contributed by atoms with Crippen molar-refractivity contribution in [3.8, 4) is 5.75 Å². The zero-order valence-corrected chi connectivity index (χ0v) is 11.9. The zero-order chi connectivity index (χ0) is 9.76. The van der Waals surface area contributed by atoms with Crippen LogP contribution in [0.5, 0.6) is 5.75 Å². The number of nitrogens with zero attached hydrogens (tertiary/aromatic N) is 1. The number of ether oxygens (including phenoxy) is 1. The first kappa shape index (κ1) is 13.9. The van der Waals surface area contributed by atoms with Gasteiger partial charge in [-0.15, -0.1) is 34.0 Å². The van der Waals surface area contributed by atoms with Crippen LogP contribution >= 0.6 is 34.0 Å². The molecule has 2 heterocycles. The molecule has 1 saturated carbocycles. The lowest BCUT2D eigenvalue weighted by molar-refractivity contribution is 0.184. The van der Waals surface area contributed by atoms with Crippen LogP contribution in [0, 0.1) is 5.95 Å². The molecular formula is C10H13Br2FN2O. The van der Waals surface area contributed by atoms with Crippen molar-refractivity contribution in [2.75, 3.05) is 6.54 Å². The lowest BCUT2D eigenvalue weighted by atomic mass is 9.98. The van der Waals surface area contributed by atoms with E-state index < -0.39 is 5.95 Å². The van der Waals surface area contributed by atoms with Crippen LogP contribution in [-0.4, -0.2) is 17.1 Å². The maximum absolute atomic E-state index is 12.9. The van der Waals surface area contributed by atoms with E-state index in [2.05, 4.69) is 4.98 Å². The van der Waals surface area contributed by atoms with Gasteiger partial charge in [0.25, 0.3) is 0 Å². The van der Waals surface area contributed by atoms with E-state index in [1.807, 2.05) is 0 Å². The van der Waals surface area contributed by atoms with Crippen molar-refractivity contribution >= 4 is 34.0 Å². The predicted octanol–water partition coefficient (Wildman–Crippen LogP) is 2.34. The van der Waals surface area contributed by atoms with Crippen LogP contribution in [0.1, 0.15) is 24.5 Å². The summed E-state index contributed by atoms with van der Waals surface area (Å²) in [6.07, 6.45) is 2.01. The first-order valence-corrected chi connectivity index (χ1v) is 4.81. The van der Waals surface area contributed by atoms with Gasteiger partial charge < -0.3 is 10.5 Å². The molecule has 0 unspecified atom stereocenters. The fourth-order valence-corrected chi connectivity index (χ4v) is 2.21. The molecule has 1 aromatic rings. The van der Waals surface area contributed by atoms with Gasteiger partial charge in [-0.25, -0.2) is 4.98 Å². The quantitative estimate of drug-likeness (QED) is 0.786. The average molecular weight is 356 g/mol. The first-order chi connectivity index (χ1) is 6.75. The van der Waals surface area contributed by atoms with Crippen molar-refractivity contribution in [3.05, 3.63) is 23.8 Å². The number of nitrogens with two attached hydrogens (primary N) is 1. The monoisotopic (exact) mass is 354 g/mol. The van der Waals surface area contributed by atoms with Gasteiger partial charge in [-0.2, -0.15) is 4.39 Å². The van der Waals surface area contributed by atoms with Gasteiger partial charge in [0.05, 0.1) is 11.6 Å². The maximum Gasteiger partial charge on any atom is 0.213 e. The molecule has 1 aromatic heterocycles. The first-order valence-electron chi connectivity index (χ1n) is 4.81. The molecule has 0 bridgehead atoms. The lowest BCUT2D eigenvalue weighted by Gasteiger charge is -2.14. The summed E-state index contributed by atoms with van der Waals surface area (Å²) in [7, 11) is 0. The Labute approximate surface area is 114 Å². The normalized spacial score (nSPS) is 22.8. The molecular weight excluding hydrogens is 343 g/mol. The van der Waals surface area contributed by atoms with Gasteiger partial charge in [0.1, 0.15) is 11.4 Å². The Morgan fingerprint density at radius 3 is 2.69 bits per heavy atom. The number of hydrogen-bond donors (Lipinski definition) is 1. The molecule has 90 valence electrons. The highest BCUT2D eigenvalue weighted by Gasteiger charge is 2.57. The number of aromatic nitrogens is 1. The summed E-state index contributed by atoms with van der Waals surface area (Å²) in [5.74, 6) is 0.330. The smallest absolute Gasteiger partial charge is 0.213 e. The van der Waals surface area contributed by atoms with E-state index in [9.17, 15) is 4.39 Å². The highest BCUT2D eigenvalue weighted by molar-refractivity contribution is 8.93. The Bertz CT molecular complexity index is 398. The van der Waals surface area contributed by atoms with E-state index in [-0.39, 0.29) is 45.5 Å². The third-order valence-electron chi connectivity index (χ3n) is 3.11. The van der Waals surface area contributed by atoms with E-state index in [4.69, 9.17) is 10.5 Å². The average Bonchev–Trinajstić information content (AvgIpc) is 2.83. The van der Waals surface area contributed by atoms with Gasteiger partial charge in [0.15, 0.2) is 0 Å². The SMILES string of the molecule is Br.Br.NC[C@H]1c2nc(F)ccc2OC12CC2. The molecule has 0 aromatic carbocycles. The van der Waals surface area contributed by atoms with Crippen molar-refractivity contribution in [1.82, 2.24) is 4.98 Å². The molecule has 1 fully saturated rings. The molecule has 0 radical (unpaired) electrons. The van der Waals surface area contributed by atoms with Crippen LogP contribution in [-0.2, 0) is 0 Å². The number of halogens is 3. The van der Waals surface area contributed by atoms with Gasteiger partial charge in [0, 0.05) is 6.54 Å². The molecule has 2 aliphatic rings. The van der Waals surface area contributed by atoms with Crippen LogP contribution in [0.2, 0.25) is 0 Å². The van der Waals surface area contributed by atoms with E-state index >= 15 is 0 Å². The Hall–Kier alpha value is -0.200. The predicted molar refractivity (Wildman–Crippen MR) is 69.2 cm³/mol. The minimum atomic E-state index is -0.455. The second kappa shape index (κ2) is 4.58. The van der Waals surface area contributed by atoms with Gasteiger partial charge in [-0.3, -0.25) is 0 Å². The highest BCUT2D eigenvalue weighted by Crippen LogP contribution is 2.56. The van der Waals surface area contributed by atoms with E-state index in [1.54, 1.807) is 6.07 Å². The standard InChI is InChI=1S/C10H11FN2O.2BrH/c11-8-2-1-7-9(13-8)6(5-12)10(14-7)3-4-10;;/h1-2,6H,3-5,12H2;2*1H/t6-;;/m0../s1. The second-order valence-corrected chi connectivity index (χ2v) is 3.97. The zero-order valence-electron chi connectivity index (χ0n) is 8.48. The maximum atomic E-state index is 12.9. The number of fused-ring (bicyclic) bond motifs is 1. The summed E-state index contributed by atoms with van der Waals surface area (Å²) in [4.78, 5) is 3.87. The summed E-state index contributed by atoms with van der Waals surface area (Å²) in [5.41, 5.74) is 6.23. The van der Waals surface area contributed by atoms with Crippen molar-refractivity contribution in [1.29, 1.82) is 0 Å². The van der Waals surface area contributed by atoms with Crippen LogP contribution in [0.4, 0.5) is 4.39 Å². The molecule has 1 spiro atoms. The molecule has 1 aliphatic heterocycles. The van der Waals surface area contributed by atoms with Crippen molar-refractivity contribution in [2.24, 2.45) is 5.73 Å². The number of pyridine rings is 1. The topological polar surface area (TPSA) is 48.1 Å². The van der Waals surface area contributed by atoms with E-state index in [1.165, 1.54) is 6.07 Å². The summed E-state index contributed by atoms with van der Waals surface area (Å²) >= 11 is 0. The van der Waals surface area contributed by atoms with Crippen LogP contribution in [0.3, 0.4) is 0 Å². The van der Waals surface area contributed by atoms with Gasteiger partial charge in [-0.1, -0.05) is 0 Å². The molecule has 0 amide bonds. The van der Waals surface area contributed by atoms with Crippen molar-refractivity contribution < 1.29 is 9.13 Å². The van der Waals surface area contributed by atoms with Gasteiger partial charge in [-0.05, 0) is 25.0 Å². The molecule has 3 nitrogen and oxygen atoms in total. The lowest BCUT2D eigenvalue weighted by Crippen LogP contribution is -2.27. The molecule has 16 heavy (non-hydrogen) atoms. The third kappa shape index (κ3) is 1.87. The summed E-state index contributed by atoms with van der Waals surface area (Å²) in [5, 5.41) is 0. The van der Waals surface area contributed by atoms with E-state index in [0.29, 0.717) is 18.0 Å². The number of rotatable bonds is 1. The van der Waals surface area contributed by atoms with Gasteiger partial charge >= 0.3 is 0 Å². The minimum Gasteiger partial charge on any atom is -0.485 e. The van der Waals surface area contributed by atoms with Crippen LogP contribution in [0.25, 0.3) is 0 Å². The minimum absolute atomic E-state index is 0. The largest absolute Gasteiger partial charge is 0.485 e. The number of hydrogen-bond acceptors (Lipinski definition) is 3. The molecule has 1 aliphatic carbocycles. The Morgan fingerprint density at radius 2 is 2.12 bits per heavy atom. The van der Waals surface area contributed by atoms with Gasteiger partial charge in [0.2, 0.25) is 5.95 Å². The molecule has 3 rings (SSSR count). The molecule has 0 saturated heterocycles. The fraction of sp³-hybridized carbons (Fsp3) is 0.500. The molecule has 1 atom stereocenters. The summed E-state index contributed by atoms with van der Waals surface area (Å²) in [6.45, 7) is 0.476. The Kier molecular flexibility index (Phi) is 3.97. The summed E-state index contributed by atoms with van der Waals surface area (Å²) in [6, 6.07) is 2.97. The highest BCUT2D eigenvalue weighted by atomic mass is 79.9. The van der Waals surface area contributed by atoms with Crippen LogP contribution < -0.4 is 10.5 Å². The van der Waals surface area contributed by atoms with E-state index in [0.717, 1.165) is 12.8 Å². The molecule has 6 heteroatoms. The van der Waals surface area contributed by atoms with Crippen LogP contribution in [0.15, 0.2) is 12.1 Å². The summed E-state index contributed by atoms with van der Waals surface area (Å²) < 4.78 is 18.7. The Balaban J connectivity index is 0.000000640. The van der Waals surface area contributed by atoms with Crippen molar-refractivity contribution in [2.45, 2.75) is 24.4 Å². The molecule has 2 N–H and O–H groups in total. The van der Waals surface area contributed by atoms with Crippen molar-refractivity contribution in [3.63, 3.8) is 0 Å². The second-order valence-electron chi connectivity index (χ2n) is 3.97. The Morgan fingerprint density at radius 1 is 1.44 bits per heavy atom. The third-order valence-corrected chi connectivity index (χ3v) is 3.11.